The summed E-state index contributed by atoms with van der Waals surface area (Å²) in [5, 5.41) is 19.5. The van der Waals surface area contributed by atoms with E-state index in [4.69, 9.17) is 21.4 Å². The van der Waals surface area contributed by atoms with Gasteiger partial charge in [-0.3, -0.25) is 0 Å². The fraction of sp³-hybridized carbons (Fsp3) is 0.500. The van der Waals surface area contributed by atoms with Crippen LogP contribution >= 0.6 is 27.5 Å². The lowest BCUT2D eigenvalue weighted by molar-refractivity contribution is -0.0432. The predicted octanol–water partition coefficient (Wildman–Crippen LogP) is 2.61. The molecule has 0 spiro atoms. The molecule has 3 nitrogen and oxygen atoms in total. The molecular weight excluding hydrogens is 307 g/mol. The number of aliphatic hydroxyl groups is 2. The van der Waals surface area contributed by atoms with Gasteiger partial charge in [-0.2, -0.15) is 0 Å². The topological polar surface area (TPSA) is 49.7 Å². The van der Waals surface area contributed by atoms with Crippen molar-refractivity contribution in [2.75, 3.05) is 6.61 Å². The summed E-state index contributed by atoms with van der Waals surface area (Å²) in [6.07, 6.45) is 0.537. The van der Waals surface area contributed by atoms with Gasteiger partial charge < -0.3 is 14.9 Å². The lowest BCUT2D eigenvalue weighted by Crippen LogP contribution is -2.39. The third kappa shape index (κ3) is 3.35. The normalized spacial score (nSPS) is 25.2. The van der Waals surface area contributed by atoms with Crippen molar-refractivity contribution in [1.29, 1.82) is 0 Å². The zero-order chi connectivity index (χ0) is 12.4. The van der Waals surface area contributed by atoms with Crippen molar-refractivity contribution in [2.24, 2.45) is 5.92 Å². The molecule has 0 amide bonds. The third-order valence-corrected chi connectivity index (χ3v) is 4.24. The molecule has 1 atom stereocenters. The van der Waals surface area contributed by atoms with Gasteiger partial charge in [-0.25, -0.2) is 0 Å². The highest BCUT2D eigenvalue weighted by molar-refractivity contribution is 9.10. The molecule has 0 aromatic heterocycles. The molecule has 0 saturated heterocycles. The lowest BCUT2D eigenvalue weighted by Gasteiger charge is -2.34. The lowest BCUT2D eigenvalue weighted by atomic mass is 9.79. The van der Waals surface area contributed by atoms with Crippen LogP contribution < -0.4 is 4.74 Å². The molecule has 1 fully saturated rings. The second-order valence-electron chi connectivity index (χ2n) is 4.34. The summed E-state index contributed by atoms with van der Waals surface area (Å²) >= 11 is 9.22. The number of benzene rings is 1. The highest BCUT2D eigenvalue weighted by Gasteiger charge is 2.33. The van der Waals surface area contributed by atoms with Crippen molar-refractivity contribution in [3.8, 4) is 5.75 Å². The number of hydrogen-bond donors (Lipinski definition) is 2. The van der Waals surface area contributed by atoms with Gasteiger partial charge in [-0.1, -0.05) is 11.6 Å². The Kier molecular flexibility index (Phi) is 4.31. The fourth-order valence-electron chi connectivity index (χ4n) is 1.83. The van der Waals surface area contributed by atoms with Crippen molar-refractivity contribution in [1.82, 2.24) is 0 Å². The van der Waals surface area contributed by atoms with Crippen LogP contribution in [-0.4, -0.2) is 29.0 Å². The third-order valence-electron chi connectivity index (χ3n) is 3.01. The first-order chi connectivity index (χ1) is 8.06. The molecule has 1 aliphatic carbocycles. The molecule has 1 aliphatic rings. The van der Waals surface area contributed by atoms with Crippen LogP contribution in [0, 0.1) is 5.92 Å². The van der Waals surface area contributed by atoms with Crippen LogP contribution in [0.25, 0.3) is 0 Å². The van der Waals surface area contributed by atoms with Gasteiger partial charge in [0, 0.05) is 4.47 Å². The smallest absolute Gasteiger partial charge is 0.121 e. The Hall–Kier alpha value is -0.290. The van der Waals surface area contributed by atoms with E-state index in [0.29, 0.717) is 23.6 Å². The van der Waals surface area contributed by atoms with Crippen LogP contribution in [0.2, 0.25) is 5.02 Å². The molecule has 1 aromatic carbocycles. The minimum absolute atomic E-state index is 0.149. The van der Waals surface area contributed by atoms with Crippen molar-refractivity contribution >= 4 is 27.5 Å². The van der Waals surface area contributed by atoms with Crippen LogP contribution in [-0.2, 0) is 0 Å². The first-order valence-electron chi connectivity index (χ1n) is 5.50. The van der Waals surface area contributed by atoms with Crippen molar-refractivity contribution in [3.63, 3.8) is 0 Å². The predicted molar refractivity (Wildman–Crippen MR) is 69.4 cm³/mol. The Labute approximate surface area is 113 Å². The van der Waals surface area contributed by atoms with Crippen LogP contribution in [0.3, 0.4) is 0 Å². The molecular formula is C12H14BrClO3. The summed E-state index contributed by atoms with van der Waals surface area (Å²) in [4.78, 5) is 0. The quantitative estimate of drug-likeness (QED) is 0.896. The Morgan fingerprint density at radius 3 is 2.76 bits per heavy atom. The minimum Gasteiger partial charge on any atom is -0.491 e. The van der Waals surface area contributed by atoms with Crippen molar-refractivity contribution in [2.45, 2.75) is 25.0 Å². The fourth-order valence-corrected chi connectivity index (χ4v) is 2.25. The van der Waals surface area contributed by atoms with E-state index in [9.17, 15) is 5.11 Å². The zero-order valence-corrected chi connectivity index (χ0v) is 11.5. The maximum atomic E-state index is 9.79. The Morgan fingerprint density at radius 2 is 2.18 bits per heavy atom. The highest BCUT2D eigenvalue weighted by atomic mass is 79.9. The van der Waals surface area contributed by atoms with Gasteiger partial charge >= 0.3 is 0 Å². The Morgan fingerprint density at radius 1 is 1.47 bits per heavy atom. The van der Waals surface area contributed by atoms with Gasteiger partial charge in [-0.15, -0.1) is 0 Å². The number of aliphatic hydroxyl groups excluding tert-OH is 2. The summed E-state index contributed by atoms with van der Waals surface area (Å²) in [5.41, 5.74) is 0. The molecule has 0 radical (unpaired) electrons. The van der Waals surface area contributed by atoms with Gasteiger partial charge in [0.1, 0.15) is 12.4 Å². The van der Waals surface area contributed by atoms with E-state index in [1.54, 1.807) is 18.2 Å². The monoisotopic (exact) mass is 320 g/mol. The first-order valence-corrected chi connectivity index (χ1v) is 6.67. The van der Waals surface area contributed by atoms with E-state index < -0.39 is 6.10 Å². The van der Waals surface area contributed by atoms with Crippen LogP contribution in [0.5, 0.6) is 5.75 Å². The van der Waals surface area contributed by atoms with E-state index >= 15 is 0 Å². The summed E-state index contributed by atoms with van der Waals surface area (Å²) in [5.74, 6) is 0.785. The molecule has 94 valence electrons. The molecule has 1 unspecified atom stereocenters. The Balaban J connectivity index is 1.83. The molecule has 0 bridgehead atoms. The maximum Gasteiger partial charge on any atom is 0.121 e. The molecule has 17 heavy (non-hydrogen) atoms. The average Bonchev–Trinajstić information content (AvgIpc) is 2.26. The average molecular weight is 322 g/mol. The van der Waals surface area contributed by atoms with E-state index in [-0.39, 0.29) is 18.6 Å². The van der Waals surface area contributed by atoms with E-state index in [0.717, 1.165) is 4.47 Å². The molecule has 5 heteroatoms. The van der Waals surface area contributed by atoms with Crippen molar-refractivity contribution < 1.29 is 14.9 Å². The SMILES string of the molecule is OC1CC(C(O)COc2ccc(Br)c(Cl)c2)C1. The van der Waals surface area contributed by atoms with Gasteiger partial charge in [0.05, 0.1) is 17.2 Å². The van der Waals surface area contributed by atoms with Gasteiger partial charge in [-0.05, 0) is 52.9 Å². The number of rotatable bonds is 4. The summed E-state index contributed by atoms with van der Waals surface area (Å²) < 4.78 is 6.27. The molecule has 0 heterocycles. The first kappa shape index (κ1) is 13.1. The second-order valence-corrected chi connectivity index (χ2v) is 5.60. The number of ether oxygens (including phenoxy) is 1. The summed E-state index contributed by atoms with van der Waals surface area (Å²) in [6, 6.07) is 5.30. The van der Waals surface area contributed by atoms with Crippen LogP contribution in [0.1, 0.15) is 12.8 Å². The van der Waals surface area contributed by atoms with Crippen LogP contribution in [0.15, 0.2) is 22.7 Å². The number of halogens is 2. The standard InChI is InChI=1S/C12H14BrClO3/c13-10-2-1-9(5-11(10)14)17-6-12(16)7-3-8(15)4-7/h1-2,5,7-8,12,15-16H,3-4,6H2. The van der Waals surface area contributed by atoms with Crippen LogP contribution in [0.4, 0.5) is 0 Å². The zero-order valence-electron chi connectivity index (χ0n) is 9.14. The molecule has 1 saturated carbocycles. The van der Waals surface area contributed by atoms with E-state index in [1.807, 2.05) is 0 Å². The van der Waals surface area contributed by atoms with Gasteiger partial charge in [0.2, 0.25) is 0 Å². The Bertz CT molecular complexity index is 393. The highest BCUT2D eigenvalue weighted by Crippen LogP contribution is 2.31. The molecule has 2 rings (SSSR count). The number of hydrogen-bond acceptors (Lipinski definition) is 3. The maximum absolute atomic E-state index is 9.79. The summed E-state index contributed by atoms with van der Waals surface area (Å²) in [7, 11) is 0. The summed E-state index contributed by atoms with van der Waals surface area (Å²) in [6.45, 7) is 0.231. The van der Waals surface area contributed by atoms with E-state index in [1.165, 1.54) is 0 Å². The molecule has 0 aliphatic heterocycles. The van der Waals surface area contributed by atoms with E-state index in [2.05, 4.69) is 15.9 Å². The molecule has 2 N–H and O–H groups in total. The molecule has 1 aromatic rings. The minimum atomic E-state index is -0.527. The van der Waals surface area contributed by atoms with Gasteiger partial charge in [0.25, 0.3) is 0 Å². The largest absolute Gasteiger partial charge is 0.491 e. The van der Waals surface area contributed by atoms with Crippen molar-refractivity contribution in [3.05, 3.63) is 27.7 Å². The van der Waals surface area contributed by atoms with Gasteiger partial charge in [0.15, 0.2) is 0 Å². The second kappa shape index (κ2) is 5.57.